The number of thioether (sulfide) groups is 1. The normalized spacial score (nSPS) is 10.2. The van der Waals surface area contributed by atoms with Gasteiger partial charge in [-0.15, -0.1) is 0 Å². The predicted molar refractivity (Wildman–Crippen MR) is 53.9 cm³/mol. The smallest absolute Gasteiger partial charge is 0.273 e. The SMILES string of the molecule is COc1nc(CSCCN)cs1. The van der Waals surface area contributed by atoms with Gasteiger partial charge in [-0.05, 0) is 0 Å². The van der Waals surface area contributed by atoms with Gasteiger partial charge in [-0.3, -0.25) is 0 Å². The molecule has 5 heteroatoms. The third kappa shape index (κ3) is 3.00. The van der Waals surface area contributed by atoms with Crippen LogP contribution < -0.4 is 10.5 Å². The first-order valence-electron chi connectivity index (χ1n) is 3.63. The molecule has 12 heavy (non-hydrogen) atoms. The lowest BCUT2D eigenvalue weighted by atomic mass is 10.6. The zero-order valence-electron chi connectivity index (χ0n) is 6.95. The van der Waals surface area contributed by atoms with Crippen LogP contribution in [-0.2, 0) is 5.75 Å². The average molecular weight is 204 g/mol. The summed E-state index contributed by atoms with van der Waals surface area (Å²) in [7, 11) is 1.63. The van der Waals surface area contributed by atoms with Crippen LogP contribution in [-0.4, -0.2) is 24.4 Å². The van der Waals surface area contributed by atoms with Crippen molar-refractivity contribution in [3.05, 3.63) is 11.1 Å². The minimum absolute atomic E-state index is 0.728. The first-order valence-corrected chi connectivity index (χ1v) is 5.66. The number of methoxy groups -OCH3 is 1. The summed E-state index contributed by atoms with van der Waals surface area (Å²) in [5.41, 5.74) is 6.44. The Kier molecular flexibility index (Phi) is 4.42. The molecule has 1 heterocycles. The van der Waals surface area contributed by atoms with Crippen molar-refractivity contribution >= 4 is 23.1 Å². The van der Waals surface area contributed by atoms with Gasteiger partial charge in [0.1, 0.15) is 0 Å². The van der Waals surface area contributed by atoms with Crippen molar-refractivity contribution in [1.82, 2.24) is 4.98 Å². The molecule has 1 rings (SSSR count). The molecule has 0 unspecified atom stereocenters. The van der Waals surface area contributed by atoms with Gasteiger partial charge in [0.15, 0.2) is 0 Å². The number of ether oxygens (including phenoxy) is 1. The number of nitrogens with two attached hydrogens (primary N) is 1. The molecule has 0 aromatic carbocycles. The molecule has 0 amide bonds. The van der Waals surface area contributed by atoms with E-state index >= 15 is 0 Å². The van der Waals surface area contributed by atoms with E-state index < -0.39 is 0 Å². The highest BCUT2D eigenvalue weighted by molar-refractivity contribution is 7.98. The first kappa shape index (κ1) is 9.83. The molecule has 0 aliphatic carbocycles. The van der Waals surface area contributed by atoms with Crippen LogP contribution in [0.1, 0.15) is 5.69 Å². The molecule has 0 saturated carbocycles. The van der Waals surface area contributed by atoms with Crippen molar-refractivity contribution in [2.45, 2.75) is 5.75 Å². The van der Waals surface area contributed by atoms with Gasteiger partial charge in [-0.2, -0.15) is 11.8 Å². The van der Waals surface area contributed by atoms with E-state index in [9.17, 15) is 0 Å². The Morgan fingerprint density at radius 2 is 2.58 bits per heavy atom. The Balaban J connectivity index is 2.31. The van der Waals surface area contributed by atoms with Crippen molar-refractivity contribution in [3.63, 3.8) is 0 Å². The van der Waals surface area contributed by atoms with Crippen molar-refractivity contribution in [2.75, 3.05) is 19.4 Å². The van der Waals surface area contributed by atoms with Gasteiger partial charge in [0, 0.05) is 23.4 Å². The van der Waals surface area contributed by atoms with Crippen LogP contribution in [0.5, 0.6) is 5.19 Å². The topological polar surface area (TPSA) is 48.1 Å². The Morgan fingerprint density at radius 1 is 1.75 bits per heavy atom. The molecule has 1 aromatic heterocycles. The monoisotopic (exact) mass is 204 g/mol. The van der Waals surface area contributed by atoms with Crippen molar-refractivity contribution in [2.24, 2.45) is 5.73 Å². The molecule has 2 N–H and O–H groups in total. The van der Waals surface area contributed by atoms with Crippen LogP contribution in [0.25, 0.3) is 0 Å². The summed E-state index contributed by atoms with van der Waals surface area (Å²) in [4.78, 5) is 4.24. The van der Waals surface area contributed by atoms with Gasteiger partial charge >= 0.3 is 0 Å². The second-order valence-corrected chi connectivity index (χ2v) is 4.08. The van der Waals surface area contributed by atoms with Gasteiger partial charge in [-0.25, -0.2) is 4.98 Å². The lowest BCUT2D eigenvalue weighted by Crippen LogP contribution is -2.01. The Bertz CT molecular complexity index is 227. The highest BCUT2D eigenvalue weighted by Gasteiger charge is 2.00. The molecule has 0 atom stereocenters. The third-order valence-corrected chi connectivity index (χ3v) is 3.09. The van der Waals surface area contributed by atoms with Gasteiger partial charge in [0.2, 0.25) is 0 Å². The van der Waals surface area contributed by atoms with Gasteiger partial charge < -0.3 is 10.5 Å². The summed E-state index contributed by atoms with van der Waals surface area (Å²) >= 11 is 3.32. The fourth-order valence-corrected chi connectivity index (χ4v) is 2.12. The summed E-state index contributed by atoms with van der Waals surface area (Å²) < 4.78 is 4.97. The molecular weight excluding hydrogens is 192 g/mol. The van der Waals surface area contributed by atoms with Gasteiger partial charge in [0.25, 0.3) is 5.19 Å². The second-order valence-electron chi connectivity index (χ2n) is 2.15. The number of hydrogen-bond donors (Lipinski definition) is 1. The van der Waals surface area contributed by atoms with Crippen LogP contribution in [0.4, 0.5) is 0 Å². The molecule has 3 nitrogen and oxygen atoms in total. The van der Waals surface area contributed by atoms with Crippen LogP contribution in [0, 0.1) is 0 Å². The number of hydrogen-bond acceptors (Lipinski definition) is 5. The molecule has 0 saturated heterocycles. The lowest BCUT2D eigenvalue weighted by Gasteiger charge is -1.94. The molecule has 0 spiro atoms. The number of nitrogens with zero attached hydrogens (tertiary/aromatic N) is 1. The maximum atomic E-state index is 5.36. The van der Waals surface area contributed by atoms with Crippen molar-refractivity contribution in [1.29, 1.82) is 0 Å². The van der Waals surface area contributed by atoms with Crippen molar-refractivity contribution in [3.8, 4) is 5.19 Å². The molecule has 0 fully saturated rings. The molecule has 68 valence electrons. The maximum absolute atomic E-state index is 5.36. The Labute approximate surface area is 80.3 Å². The van der Waals surface area contributed by atoms with Crippen molar-refractivity contribution < 1.29 is 4.74 Å². The van der Waals surface area contributed by atoms with E-state index in [-0.39, 0.29) is 0 Å². The number of thiazole rings is 1. The van der Waals surface area contributed by atoms with E-state index in [2.05, 4.69) is 4.98 Å². The minimum atomic E-state index is 0.728. The number of rotatable bonds is 5. The summed E-state index contributed by atoms with van der Waals surface area (Å²) in [6.45, 7) is 0.728. The average Bonchev–Trinajstić information content (AvgIpc) is 2.53. The Morgan fingerprint density at radius 3 is 3.17 bits per heavy atom. The van der Waals surface area contributed by atoms with Crippen LogP contribution in [0.2, 0.25) is 0 Å². The fourth-order valence-electron chi connectivity index (χ4n) is 0.709. The lowest BCUT2D eigenvalue weighted by molar-refractivity contribution is 0.411. The van der Waals surface area contributed by atoms with E-state index in [1.165, 1.54) is 11.3 Å². The summed E-state index contributed by atoms with van der Waals surface area (Å²) in [6.07, 6.45) is 0. The molecule has 0 aliphatic rings. The standard InChI is InChI=1S/C7H12N2OS2/c1-10-7-9-6(5-12-7)4-11-3-2-8/h5H,2-4,8H2,1H3. The highest BCUT2D eigenvalue weighted by atomic mass is 32.2. The van der Waals surface area contributed by atoms with E-state index in [4.69, 9.17) is 10.5 Å². The summed E-state index contributed by atoms with van der Waals surface area (Å²) in [5.74, 6) is 1.91. The zero-order valence-corrected chi connectivity index (χ0v) is 8.58. The molecular formula is C7H12N2OS2. The molecule has 0 aliphatic heterocycles. The van der Waals surface area contributed by atoms with E-state index in [0.29, 0.717) is 0 Å². The zero-order chi connectivity index (χ0) is 8.81. The third-order valence-electron chi connectivity index (χ3n) is 1.22. The van der Waals surface area contributed by atoms with Crippen LogP contribution in [0.15, 0.2) is 5.38 Å². The van der Waals surface area contributed by atoms with E-state index in [1.807, 2.05) is 5.38 Å². The maximum Gasteiger partial charge on any atom is 0.273 e. The van der Waals surface area contributed by atoms with Gasteiger partial charge in [-0.1, -0.05) is 11.3 Å². The minimum Gasteiger partial charge on any atom is -0.473 e. The largest absolute Gasteiger partial charge is 0.473 e. The molecule has 0 bridgehead atoms. The second kappa shape index (κ2) is 5.40. The first-order chi connectivity index (χ1) is 5.86. The van der Waals surface area contributed by atoms with Crippen LogP contribution >= 0.6 is 23.1 Å². The van der Waals surface area contributed by atoms with E-state index in [0.717, 1.165) is 28.9 Å². The Hall–Kier alpha value is -0.260. The quantitative estimate of drug-likeness (QED) is 0.735. The fraction of sp³-hybridized carbons (Fsp3) is 0.571. The molecule has 0 radical (unpaired) electrons. The number of aromatic nitrogens is 1. The van der Waals surface area contributed by atoms with E-state index in [1.54, 1.807) is 18.9 Å². The predicted octanol–water partition coefficient (Wildman–Crippen LogP) is 1.34. The highest BCUT2D eigenvalue weighted by Crippen LogP contribution is 2.20. The van der Waals surface area contributed by atoms with Gasteiger partial charge in [0.05, 0.1) is 12.8 Å². The van der Waals surface area contributed by atoms with Crippen LogP contribution in [0.3, 0.4) is 0 Å². The summed E-state index contributed by atoms with van der Waals surface area (Å²) in [6, 6.07) is 0. The molecule has 1 aromatic rings. The summed E-state index contributed by atoms with van der Waals surface area (Å²) in [5, 5.41) is 2.75.